The molecule has 1 fully saturated rings. The smallest absolute Gasteiger partial charge is 0.457 e. The van der Waals surface area contributed by atoms with Crippen molar-refractivity contribution in [3.63, 3.8) is 0 Å². The van der Waals surface area contributed by atoms with Crippen LogP contribution in [0.3, 0.4) is 0 Å². The van der Waals surface area contributed by atoms with E-state index in [1.54, 1.807) is 0 Å². The van der Waals surface area contributed by atoms with Crippen LogP contribution in [0.1, 0.15) is 168 Å². The van der Waals surface area contributed by atoms with E-state index >= 15 is 0 Å². The van der Waals surface area contributed by atoms with Gasteiger partial charge in [0.15, 0.2) is 0 Å². The third kappa shape index (κ3) is 29.4. The van der Waals surface area contributed by atoms with Crippen molar-refractivity contribution in [2.45, 2.75) is 211 Å². The number of hydrogen-bond donors (Lipinski definition) is 6. The standard InChI is InChI=1S/C47H83O12P/c1-3-5-7-9-11-13-15-16-17-18-19-20-21-22-23-24-25-26-27-28-30-32-34-36-41(48)58-40(38-56-37-35-33-31-29-14-12-10-8-6-4-2)39-57-60(54,55)59-47-45(52)43(50)42(49)44(51)46(47)53/h5,7,11,13,16-17,19-20,22-23,40,42-47,49-53H,3-4,6,8-10,12,14-15,18,21,24-39H2,1-2H3,(H,54,55)/b7-5-,13-11-,17-16-,20-19-,23-22-. The SMILES string of the molecule is CC/C=C\C/C=C\C/C=C\C/C=C\C/C=C\CCCCCCCCCC(=O)OC(COCCCCCCCCCCCC)COP(=O)(O)OC1C(O)C(O)C(O)C(O)C1O. The van der Waals surface area contributed by atoms with Crippen LogP contribution in [-0.2, 0) is 27.9 Å². The number of carbonyl (C=O) groups excluding carboxylic acids is 1. The third-order valence-corrected chi connectivity index (χ3v) is 11.4. The van der Waals surface area contributed by atoms with Gasteiger partial charge in [0.25, 0.3) is 0 Å². The van der Waals surface area contributed by atoms with Gasteiger partial charge < -0.3 is 39.9 Å². The minimum Gasteiger partial charge on any atom is -0.457 e. The minimum atomic E-state index is -5.02. The lowest BCUT2D eigenvalue weighted by Crippen LogP contribution is -2.64. The molecule has 0 aromatic heterocycles. The summed E-state index contributed by atoms with van der Waals surface area (Å²) in [7, 11) is -5.02. The van der Waals surface area contributed by atoms with Gasteiger partial charge in [-0.1, -0.05) is 164 Å². The molecule has 0 aromatic carbocycles. The molecule has 1 aliphatic carbocycles. The first-order chi connectivity index (χ1) is 29.0. The Kier molecular flexibility index (Phi) is 35.1. The van der Waals surface area contributed by atoms with Crippen LogP contribution < -0.4 is 0 Å². The van der Waals surface area contributed by atoms with E-state index in [4.69, 9.17) is 18.5 Å². The van der Waals surface area contributed by atoms with Gasteiger partial charge in [-0.3, -0.25) is 13.8 Å². The highest BCUT2D eigenvalue weighted by Gasteiger charge is 2.51. The lowest BCUT2D eigenvalue weighted by atomic mass is 9.85. The second-order valence-corrected chi connectivity index (χ2v) is 17.3. The number of phosphoric ester groups is 1. The highest BCUT2D eigenvalue weighted by atomic mass is 31.2. The van der Waals surface area contributed by atoms with E-state index in [0.717, 1.165) is 96.3 Å². The van der Waals surface area contributed by atoms with Gasteiger partial charge >= 0.3 is 13.8 Å². The summed E-state index contributed by atoms with van der Waals surface area (Å²) in [5, 5.41) is 50.1. The summed E-state index contributed by atoms with van der Waals surface area (Å²) < 4.78 is 34.1. The normalized spacial score (nSPS) is 22.9. The van der Waals surface area contributed by atoms with Gasteiger partial charge in [0.05, 0.1) is 13.2 Å². The van der Waals surface area contributed by atoms with Crippen LogP contribution in [0.25, 0.3) is 0 Å². The van der Waals surface area contributed by atoms with E-state index in [2.05, 4.69) is 74.6 Å². The van der Waals surface area contributed by atoms with Gasteiger partial charge in [0, 0.05) is 13.0 Å². The van der Waals surface area contributed by atoms with Crippen LogP contribution in [0.15, 0.2) is 60.8 Å². The molecule has 0 amide bonds. The largest absolute Gasteiger partial charge is 0.472 e. The minimum absolute atomic E-state index is 0.0823. The summed E-state index contributed by atoms with van der Waals surface area (Å²) in [5.74, 6) is -0.491. The van der Waals surface area contributed by atoms with E-state index in [0.29, 0.717) is 13.0 Å². The predicted octanol–water partition coefficient (Wildman–Crippen LogP) is 9.42. The van der Waals surface area contributed by atoms with Crippen molar-refractivity contribution in [3.8, 4) is 0 Å². The lowest BCUT2D eigenvalue weighted by Gasteiger charge is -2.41. The van der Waals surface area contributed by atoms with E-state index in [-0.39, 0.29) is 13.0 Å². The van der Waals surface area contributed by atoms with Crippen molar-refractivity contribution in [2.24, 2.45) is 0 Å². The molecule has 1 saturated carbocycles. The fourth-order valence-corrected chi connectivity index (χ4v) is 7.71. The molecule has 13 heteroatoms. The average molecular weight is 871 g/mol. The summed E-state index contributed by atoms with van der Waals surface area (Å²) in [5.41, 5.74) is 0. The zero-order chi connectivity index (χ0) is 44.1. The molecule has 1 aliphatic rings. The Morgan fingerprint density at radius 1 is 0.550 bits per heavy atom. The molecular formula is C47H83O12P. The summed E-state index contributed by atoms with van der Waals surface area (Å²) in [6.07, 6.45) is 34.4. The Labute approximate surface area is 362 Å². The Morgan fingerprint density at radius 3 is 1.50 bits per heavy atom. The zero-order valence-electron chi connectivity index (χ0n) is 37.0. The second-order valence-electron chi connectivity index (χ2n) is 15.9. The number of unbranched alkanes of at least 4 members (excludes halogenated alkanes) is 16. The van der Waals surface area contributed by atoms with Gasteiger partial charge in [0.2, 0.25) is 0 Å². The monoisotopic (exact) mass is 871 g/mol. The van der Waals surface area contributed by atoms with E-state index in [9.17, 15) is 39.8 Å². The van der Waals surface area contributed by atoms with Crippen LogP contribution >= 0.6 is 7.82 Å². The molecule has 12 nitrogen and oxygen atoms in total. The lowest BCUT2D eigenvalue weighted by molar-refractivity contribution is -0.220. The number of rotatable bonds is 38. The first kappa shape index (κ1) is 56.1. The van der Waals surface area contributed by atoms with Gasteiger partial charge in [0.1, 0.15) is 42.7 Å². The molecule has 6 N–H and O–H groups in total. The summed E-state index contributed by atoms with van der Waals surface area (Å²) >= 11 is 0. The molecule has 348 valence electrons. The molecule has 0 radical (unpaired) electrons. The second kappa shape index (κ2) is 37.6. The third-order valence-electron chi connectivity index (χ3n) is 10.4. The van der Waals surface area contributed by atoms with Gasteiger partial charge in [-0.05, 0) is 57.8 Å². The van der Waals surface area contributed by atoms with Crippen molar-refractivity contribution in [3.05, 3.63) is 60.8 Å². The molecule has 0 spiro atoms. The van der Waals surface area contributed by atoms with Gasteiger partial charge in [-0.25, -0.2) is 4.57 Å². The molecule has 6 atom stereocenters. The molecule has 0 heterocycles. The van der Waals surface area contributed by atoms with Crippen LogP contribution in [0, 0.1) is 0 Å². The number of ether oxygens (including phenoxy) is 2. The fraction of sp³-hybridized carbons (Fsp3) is 0.766. The number of hydrogen-bond acceptors (Lipinski definition) is 11. The predicted molar refractivity (Wildman–Crippen MR) is 239 cm³/mol. The molecule has 0 saturated heterocycles. The first-order valence-corrected chi connectivity index (χ1v) is 24.6. The number of allylic oxidation sites excluding steroid dienone is 10. The average Bonchev–Trinajstić information content (AvgIpc) is 3.23. The molecular weight excluding hydrogens is 787 g/mol. The summed E-state index contributed by atoms with van der Waals surface area (Å²) in [4.78, 5) is 23.1. The van der Waals surface area contributed by atoms with Crippen LogP contribution in [0.4, 0.5) is 0 Å². The molecule has 6 unspecified atom stereocenters. The summed E-state index contributed by atoms with van der Waals surface area (Å²) in [6.45, 7) is 4.11. The van der Waals surface area contributed by atoms with Crippen LogP contribution in [0.2, 0.25) is 0 Å². The Hall–Kier alpha value is -1.96. The van der Waals surface area contributed by atoms with Crippen LogP contribution in [0.5, 0.6) is 0 Å². The maximum absolute atomic E-state index is 12.8. The summed E-state index contributed by atoms with van der Waals surface area (Å²) in [6, 6.07) is 0. The maximum Gasteiger partial charge on any atom is 0.472 e. The van der Waals surface area contributed by atoms with Crippen LogP contribution in [-0.4, -0.2) is 98.9 Å². The fourth-order valence-electron chi connectivity index (χ4n) is 6.73. The highest BCUT2D eigenvalue weighted by molar-refractivity contribution is 7.47. The number of phosphoric acid groups is 1. The molecule has 0 aliphatic heterocycles. The van der Waals surface area contributed by atoms with E-state index < -0.39 is 63.1 Å². The Balaban J connectivity index is 2.35. The first-order valence-electron chi connectivity index (χ1n) is 23.1. The molecule has 0 bridgehead atoms. The van der Waals surface area contributed by atoms with Gasteiger partial charge in [-0.2, -0.15) is 0 Å². The Bertz CT molecular complexity index is 1220. The van der Waals surface area contributed by atoms with Crippen molar-refractivity contribution in [2.75, 3.05) is 19.8 Å². The topological polar surface area (TPSA) is 192 Å². The van der Waals surface area contributed by atoms with Crippen molar-refractivity contribution in [1.29, 1.82) is 0 Å². The van der Waals surface area contributed by atoms with Crippen molar-refractivity contribution in [1.82, 2.24) is 0 Å². The zero-order valence-corrected chi connectivity index (χ0v) is 37.9. The van der Waals surface area contributed by atoms with Crippen molar-refractivity contribution >= 4 is 13.8 Å². The van der Waals surface area contributed by atoms with E-state index in [1.807, 2.05) is 0 Å². The number of carbonyl (C=O) groups is 1. The number of esters is 1. The molecule has 1 rings (SSSR count). The molecule has 60 heavy (non-hydrogen) atoms. The quantitative estimate of drug-likeness (QED) is 0.0149. The number of aliphatic hydroxyl groups is 5. The maximum atomic E-state index is 12.8. The van der Waals surface area contributed by atoms with E-state index in [1.165, 1.54) is 44.9 Å². The Morgan fingerprint density at radius 2 is 0.983 bits per heavy atom. The number of aliphatic hydroxyl groups excluding tert-OH is 5. The molecule has 0 aromatic rings. The van der Waals surface area contributed by atoms with Gasteiger partial charge in [-0.15, -0.1) is 0 Å². The highest BCUT2D eigenvalue weighted by Crippen LogP contribution is 2.47. The van der Waals surface area contributed by atoms with Crippen molar-refractivity contribution < 1.29 is 58.3 Å².